The van der Waals surface area contributed by atoms with Gasteiger partial charge in [-0.1, -0.05) is 15.9 Å². The molecule has 0 radical (unpaired) electrons. The third-order valence-electron chi connectivity index (χ3n) is 3.63. The summed E-state index contributed by atoms with van der Waals surface area (Å²) >= 11 is 3.44. The quantitative estimate of drug-likeness (QED) is 0.652. The molecule has 0 spiro atoms. The van der Waals surface area contributed by atoms with Crippen molar-refractivity contribution in [3.8, 4) is 5.75 Å². The summed E-state index contributed by atoms with van der Waals surface area (Å²) in [5.74, 6) is 5.64. The van der Waals surface area contributed by atoms with Crippen LogP contribution in [0.15, 0.2) is 22.7 Å². The van der Waals surface area contributed by atoms with Crippen molar-refractivity contribution in [3.05, 3.63) is 28.2 Å². The van der Waals surface area contributed by atoms with Crippen LogP contribution in [0.3, 0.4) is 0 Å². The highest BCUT2D eigenvalue weighted by Gasteiger charge is 2.48. The van der Waals surface area contributed by atoms with Crippen molar-refractivity contribution in [3.63, 3.8) is 0 Å². The number of hydrogen-bond donors (Lipinski definition) is 1. The van der Waals surface area contributed by atoms with E-state index in [1.807, 2.05) is 18.2 Å². The fourth-order valence-electron chi connectivity index (χ4n) is 2.38. The average molecular weight is 372 g/mol. The van der Waals surface area contributed by atoms with Gasteiger partial charge in [-0.2, -0.15) is 0 Å². The lowest BCUT2D eigenvalue weighted by atomic mass is 9.90. The maximum absolute atomic E-state index is 12.5. The van der Waals surface area contributed by atoms with Gasteiger partial charge in [0.15, 0.2) is 0 Å². The highest BCUT2D eigenvalue weighted by Crippen LogP contribution is 2.35. The number of nitrogens with two attached hydrogens (primary N) is 1. The van der Waals surface area contributed by atoms with Gasteiger partial charge in [-0.3, -0.25) is 4.84 Å². The van der Waals surface area contributed by atoms with E-state index in [9.17, 15) is 4.79 Å². The van der Waals surface area contributed by atoms with E-state index in [1.165, 1.54) is 0 Å². The summed E-state index contributed by atoms with van der Waals surface area (Å²) in [6, 6.07) is 5.78. The molecule has 1 aromatic rings. The molecule has 5 nitrogen and oxygen atoms in total. The largest absolute Gasteiger partial charge is 0.486 e. The summed E-state index contributed by atoms with van der Waals surface area (Å²) in [7, 11) is 0. The Balaban J connectivity index is 2.22. The van der Waals surface area contributed by atoms with E-state index in [2.05, 4.69) is 15.9 Å². The van der Waals surface area contributed by atoms with Crippen LogP contribution in [0.1, 0.15) is 39.7 Å². The van der Waals surface area contributed by atoms with Gasteiger partial charge in [0.05, 0.1) is 0 Å². The van der Waals surface area contributed by atoms with Gasteiger partial charge >= 0.3 is 5.97 Å². The van der Waals surface area contributed by atoms with Crippen molar-refractivity contribution < 1.29 is 19.1 Å². The molecule has 0 aromatic heterocycles. The smallest absolute Gasteiger partial charge is 0.344 e. The minimum atomic E-state index is -1.35. The molecular weight excluding hydrogens is 350 g/mol. The van der Waals surface area contributed by atoms with Crippen LogP contribution >= 0.6 is 15.9 Å². The summed E-state index contributed by atoms with van der Waals surface area (Å²) in [5.41, 5.74) is -0.874. The number of ether oxygens (including phenoxy) is 2. The molecule has 2 rings (SSSR count). The molecule has 0 unspecified atom stereocenters. The molecule has 0 bridgehead atoms. The van der Waals surface area contributed by atoms with Crippen molar-refractivity contribution in [1.29, 1.82) is 0 Å². The SMILES string of the molecule is CC(C)(C)OC(=O)[C@@](C)(ON)[C@@H]1CCc2cc(Br)ccc2O1. The van der Waals surface area contributed by atoms with E-state index in [0.717, 1.165) is 22.2 Å². The highest BCUT2D eigenvalue weighted by molar-refractivity contribution is 9.10. The number of carbonyl (C=O) groups excluding carboxylic acids is 1. The number of esters is 1. The molecule has 122 valence electrons. The maximum Gasteiger partial charge on any atom is 0.344 e. The normalized spacial score (nSPS) is 20.5. The van der Waals surface area contributed by atoms with Crippen LogP contribution in [0.5, 0.6) is 5.75 Å². The molecule has 2 atom stereocenters. The first-order chi connectivity index (χ1) is 10.2. The van der Waals surface area contributed by atoms with Crippen LogP contribution in [0, 0.1) is 0 Å². The van der Waals surface area contributed by atoms with Crippen molar-refractivity contribution in [2.24, 2.45) is 5.90 Å². The Kier molecular flexibility index (Phi) is 4.84. The van der Waals surface area contributed by atoms with Crippen molar-refractivity contribution >= 4 is 21.9 Å². The highest BCUT2D eigenvalue weighted by atomic mass is 79.9. The fraction of sp³-hybridized carbons (Fsp3) is 0.562. The van der Waals surface area contributed by atoms with Crippen LogP contribution in [-0.2, 0) is 20.8 Å². The van der Waals surface area contributed by atoms with E-state index in [1.54, 1.807) is 27.7 Å². The average Bonchev–Trinajstić information content (AvgIpc) is 2.43. The van der Waals surface area contributed by atoms with E-state index in [-0.39, 0.29) is 0 Å². The molecule has 1 aromatic carbocycles. The second-order valence-electron chi connectivity index (χ2n) is 6.62. The summed E-state index contributed by atoms with van der Waals surface area (Å²) in [4.78, 5) is 17.5. The molecule has 6 heteroatoms. The zero-order valence-corrected chi connectivity index (χ0v) is 14.9. The van der Waals surface area contributed by atoms with Crippen LogP contribution in [0.2, 0.25) is 0 Å². The Bertz CT molecular complexity index is 570. The molecule has 1 aliphatic rings. The van der Waals surface area contributed by atoms with Crippen molar-refractivity contribution in [1.82, 2.24) is 0 Å². The molecule has 0 saturated heterocycles. The standard InChI is InChI=1S/C16H22BrNO4/c1-15(2,3)21-14(19)16(4,22-18)13-8-5-10-9-11(17)6-7-12(10)20-13/h6-7,9,13H,5,8,18H2,1-4H3/t13-,16-/m0/s1. The second kappa shape index (κ2) is 6.18. The lowest BCUT2D eigenvalue weighted by Crippen LogP contribution is -2.56. The van der Waals surface area contributed by atoms with E-state index < -0.39 is 23.3 Å². The minimum Gasteiger partial charge on any atom is -0.486 e. The third-order valence-corrected chi connectivity index (χ3v) is 4.12. The van der Waals surface area contributed by atoms with Crippen LogP contribution in [0.4, 0.5) is 0 Å². The monoisotopic (exact) mass is 371 g/mol. The van der Waals surface area contributed by atoms with Gasteiger partial charge in [0.2, 0.25) is 5.60 Å². The Morgan fingerprint density at radius 2 is 2.05 bits per heavy atom. The van der Waals surface area contributed by atoms with Gasteiger partial charge in [-0.05, 0) is 64.3 Å². The topological polar surface area (TPSA) is 70.8 Å². The summed E-state index contributed by atoms with van der Waals surface area (Å²) in [5, 5.41) is 0. The minimum absolute atomic E-state index is 0.499. The van der Waals surface area contributed by atoms with E-state index >= 15 is 0 Å². The van der Waals surface area contributed by atoms with Gasteiger partial charge in [0.25, 0.3) is 0 Å². The maximum atomic E-state index is 12.5. The van der Waals surface area contributed by atoms with Gasteiger partial charge < -0.3 is 9.47 Å². The Morgan fingerprint density at radius 1 is 1.36 bits per heavy atom. The lowest BCUT2D eigenvalue weighted by Gasteiger charge is -2.38. The molecule has 1 heterocycles. The second-order valence-corrected chi connectivity index (χ2v) is 7.54. The molecule has 2 N–H and O–H groups in total. The van der Waals surface area contributed by atoms with Crippen molar-refractivity contribution in [2.45, 2.75) is 57.8 Å². The van der Waals surface area contributed by atoms with Gasteiger partial charge in [0.1, 0.15) is 17.5 Å². The molecule has 0 saturated carbocycles. The molecule has 0 fully saturated rings. The van der Waals surface area contributed by atoms with E-state index in [0.29, 0.717) is 6.42 Å². The molecule has 1 aliphatic heterocycles. The van der Waals surface area contributed by atoms with Gasteiger partial charge in [-0.25, -0.2) is 10.7 Å². The number of carbonyl (C=O) groups is 1. The third kappa shape index (κ3) is 3.62. The number of aryl methyl sites for hydroxylation is 1. The zero-order chi connectivity index (χ0) is 16.5. The number of halogens is 1. The fourth-order valence-corrected chi connectivity index (χ4v) is 2.79. The first-order valence-electron chi connectivity index (χ1n) is 7.22. The van der Waals surface area contributed by atoms with Crippen LogP contribution in [0.25, 0.3) is 0 Å². The van der Waals surface area contributed by atoms with Crippen LogP contribution in [-0.4, -0.2) is 23.3 Å². The molecule has 22 heavy (non-hydrogen) atoms. The predicted molar refractivity (Wildman–Crippen MR) is 86.4 cm³/mol. The molecular formula is C16H22BrNO4. The Labute approximate surface area is 139 Å². The Morgan fingerprint density at radius 3 is 2.64 bits per heavy atom. The molecule has 0 amide bonds. The Hall–Kier alpha value is -1.11. The summed E-state index contributed by atoms with van der Waals surface area (Å²) in [6.07, 6.45) is 0.901. The van der Waals surface area contributed by atoms with Crippen molar-refractivity contribution in [2.75, 3.05) is 0 Å². The summed E-state index contributed by atoms with van der Waals surface area (Å²) < 4.78 is 12.4. The van der Waals surface area contributed by atoms with Gasteiger partial charge in [0, 0.05) is 4.47 Å². The first-order valence-corrected chi connectivity index (χ1v) is 8.01. The number of fused-ring (bicyclic) bond motifs is 1. The number of hydrogen-bond acceptors (Lipinski definition) is 5. The van der Waals surface area contributed by atoms with Gasteiger partial charge in [-0.15, -0.1) is 0 Å². The van der Waals surface area contributed by atoms with Crippen LogP contribution < -0.4 is 10.6 Å². The van der Waals surface area contributed by atoms with E-state index in [4.69, 9.17) is 20.2 Å². The summed E-state index contributed by atoms with van der Waals surface area (Å²) in [6.45, 7) is 7.01. The first kappa shape index (κ1) is 17.2. The lowest BCUT2D eigenvalue weighted by molar-refractivity contribution is -0.196. The number of rotatable bonds is 3. The number of benzene rings is 1. The zero-order valence-electron chi connectivity index (χ0n) is 13.3. The molecule has 0 aliphatic carbocycles. The predicted octanol–water partition coefficient (Wildman–Crippen LogP) is 3.13.